The lowest BCUT2D eigenvalue weighted by Crippen LogP contribution is -2.53. The first kappa shape index (κ1) is 11.1. The molecule has 3 heteroatoms. The van der Waals surface area contributed by atoms with Crippen LogP contribution in [0.2, 0.25) is 0 Å². The summed E-state index contributed by atoms with van der Waals surface area (Å²) in [5.74, 6) is 0.432. The zero-order valence-electron chi connectivity index (χ0n) is 9.46. The van der Waals surface area contributed by atoms with Gasteiger partial charge in [0.15, 0.2) is 0 Å². The summed E-state index contributed by atoms with van der Waals surface area (Å²) < 4.78 is 11.0. The van der Waals surface area contributed by atoms with Crippen molar-refractivity contribution in [1.82, 2.24) is 0 Å². The molecule has 2 aliphatic carbocycles. The van der Waals surface area contributed by atoms with Gasteiger partial charge in [-0.1, -0.05) is 12.8 Å². The van der Waals surface area contributed by atoms with E-state index in [1.54, 1.807) is 0 Å². The molecule has 0 bridgehead atoms. The second-order valence-electron chi connectivity index (χ2n) is 4.55. The monoisotopic (exact) mass is 212 g/mol. The molecule has 0 aromatic heterocycles. The molecule has 0 aromatic carbocycles. The van der Waals surface area contributed by atoms with Gasteiger partial charge in [0.05, 0.1) is 24.7 Å². The van der Waals surface area contributed by atoms with E-state index in [1.165, 1.54) is 12.8 Å². The van der Waals surface area contributed by atoms with E-state index in [-0.39, 0.29) is 11.5 Å². The van der Waals surface area contributed by atoms with Gasteiger partial charge in [0, 0.05) is 13.0 Å². The fourth-order valence-corrected chi connectivity index (χ4v) is 2.83. The van der Waals surface area contributed by atoms with E-state index in [4.69, 9.17) is 9.47 Å². The van der Waals surface area contributed by atoms with Crippen LogP contribution in [0.4, 0.5) is 0 Å². The van der Waals surface area contributed by atoms with Crippen LogP contribution in [-0.2, 0) is 14.3 Å². The molecule has 2 aliphatic rings. The second kappa shape index (κ2) is 4.62. The molecule has 2 fully saturated rings. The average molecular weight is 212 g/mol. The van der Waals surface area contributed by atoms with Gasteiger partial charge < -0.3 is 9.47 Å². The van der Waals surface area contributed by atoms with Crippen molar-refractivity contribution < 1.29 is 14.3 Å². The summed E-state index contributed by atoms with van der Waals surface area (Å²) in [4.78, 5) is 11.6. The van der Waals surface area contributed by atoms with E-state index in [9.17, 15) is 4.79 Å². The fourth-order valence-electron chi connectivity index (χ4n) is 2.83. The highest BCUT2D eigenvalue weighted by Gasteiger charge is 2.56. The highest BCUT2D eigenvalue weighted by molar-refractivity contribution is 5.92. The van der Waals surface area contributed by atoms with Crippen LogP contribution in [0.5, 0.6) is 0 Å². The quantitative estimate of drug-likeness (QED) is 0.653. The molecular weight excluding hydrogens is 192 g/mol. The SMILES string of the molecule is CCOCCOC1CC(=O)C12CCCC2. The first-order valence-electron chi connectivity index (χ1n) is 6.02. The van der Waals surface area contributed by atoms with Crippen LogP contribution in [0.15, 0.2) is 0 Å². The topological polar surface area (TPSA) is 35.5 Å². The van der Waals surface area contributed by atoms with Gasteiger partial charge in [-0.05, 0) is 19.8 Å². The number of carbonyl (C=O) groups is 1. The molecule has 0 N–H and O–H groups in total. The average Bonchev–Trinajstić information content (AvgIpc) is 2.74. The zero-order valence-corrected chi connectivity index (χ0v) is 9.46. The number of rotatable bonds is 5. The van der Waals surface area contributed by atoms with Gasteiger partial charge in [-0.3, -0.25) is 4.79 Å². The Morgan fingerprint density at radius 2 is 2.07 bits per heavy atom. The molecule has 2 rings (SSSR count). The van der Waals surface area contributed by atoms with E-state index < -0.39 is 0 Å². The molecule has 0 saturated heterocycles. The third kappa shape index (κ3) is 1.95. The molecule has 0 heterocycles. The second-order valence-corrected chi connectivity index (χ2v) is 4.55. The van der Waals surface area contributed by atoms with Crippen LogP contribution in [0.25, 0.3) is 0 Å². The van der Waals surface area contributed by atoms with Gasteiger partial charge in [-0.15, -0.1) is 0 Å². The molecule has 0 aliphatic heterocycles. The van der Waals surface area contributed by atoms with E-state index in [2.05, 4.69) is 0 Å². The van der Waals surface area contributed by atoms with Crippen molar-refractivity contribution in [2.75, 3.05) is 19.8 Å². The van der Waals surface area contributed by atoms with E-state index in [0.29, 0.717) is 25.4 Å². The summed E-state index contributed by atoms with van der Waals surface area (Å²) in [5, 5.41) is 0. The highest BCUT2D eigenvalue weighted by atomic mass is 16.5. The van der Waals surface area contributed by atoms with Crippen LogP contribution in [-0.4, -0.2) is 31.7 Å². The normalized spacial score (nSPS) is 28.3. The summed E-state index contributed by atoms with van der Waals surface area (Å²) >= 11 is 0. The van der Waals surface area contributed by atoms with E-state index in [0.717, 1.165) is 19.4 Å². The Balaban J connectivity index is 1.76. The fraction of sp³-hybridized carbons (Fsp3) is 0.917. The maximum atomic E-state index is 11.6. The minimum atomic E-state index is -0.0772. The van der Waals surface area contributed by atoms with E-state index >= 15 is 0 Å². The third-order valence-electron chi connectivity index (χ3n) is 3.79. The van der Waals surface area contributed by atoms with Crippen molar-refractivity contribution in [3.8, 4) is 0 Å². The molecule has 3 nitrogen and oxygen atoms in total. The van der Waals surface area contributed by atoms with Gasteiger partial charge in [-0.25, -0.2) is 0 Å². The van der Waals surface area contributed by atoms with Crippen LogP contribution >= 0.6 is 0 Å². The van der Waals surface area contributed by atoms with Crippen LogP contribution in [0.1, 0.15) is 39.0 Å². The van der Waals surface area contributed by atoms with Gasteiger partial charge in [0.1, 0.15) is 5.78 Å². The molecule has 1 spiro atoms. The number of hydrogen-bond acceptors (Lipinski definition) is 3. The molecule has 15 heavy (non-hydrogen) atoms. The van der Waals surface area contributed by atoms with Crippen LogP contribution in [0.3, 0.4) is 0 Å². The van der Waals surface area contributed by atoms with Gasteiger partial charge in [0.2, 0.25) is 0 Å². The number of ketones is 1. The first-order chi connectivity index (χ1) is 7.29. The zero-order chi connectivity index (χ0) is 10.7. The van der Waals surface area contributed by atoms with Gasteiger partial charge in [0.25, 0.3) is 0 Å². The Morgan fingerprint density at radius 3 is 2.67 bits per heavy atom. The number of ether oxygens (including phenoxy) is 2. The van der Waals surface area contributed by atoms with Crippen molar-refractivity contribution in [2.24, 2.45) is 5.41 Å². The summed E-state index contributed by atoms with van der Waals surface area (Å²) in [5.41, 5.74) is -0.0772. The lowest BCUT2D eigenvalue weighted by Gasteiger charge is -2.44. The minimum Gasteiger partial charge on any atom is -0.379 e. The Kier molecular flexibility index (Phi) is 3.42. The maximum absolute atomic E-state index is 11.6. The number of hydrogen-bond donors (Lipinski definition) is 0. The van der Waals surface area contributed by atoms with Gasteiger partial charge in [-0.2, -0.15) is 0 Å². The lowest BCUT2D eigenvalue weighted by molar-refractivity contribution is -0.164. The molecule has 86 valence electrons. The van der Waals surface area contributed by atoms with Crippen LogP contribution < -0.4 is 0 Å². The Labute approximate surface area is 91.1 Å². The standard InChI is InChI=1S/C12H20O3/c1-2-14-7-8-15-11-9-10(13)12(11)5-3-4-6-12/h11H,2-9H2,1H3. The number of Topliss-reactive ketones (excluding diaryl/α,β-unsaturated/α-hetero) is 1. The molecule has 2 saturated carbocycles. The number of carbonyl (C=O) groups excluding carboxylic acids is 1. The van der Waals surface area contributed by atoms with Crippen molar-refractivity contribution in [3.63, 3.8) is 0 Å². The maximum Gasteiger partial charge on any atom is 0.144 e. The molecule has 0 radical (unpaired) electrons. The first-order valence-corrected chi connectivity index (χ1v) is 6.02. The van der Waals surface area contributed by atoms with Crippen molar-refractivity contribution in [2.45, 2.75) is 45.1 Å². The van der Waals surface area contributed by atoms with Crippen molar-refractivity contribution in [1.29, 1.82) is 0 Å². The third-order valence-corrected chi connectivity index (χ3v) is 3.79. The highest BCUT2D eigenvalue weighted by Crippen LogP contribution is 2.51. The largest absolute Gasteiger partial charge is 0.379 e. The molecule has 0 aromatic rings. The van der Waals surface area contributed by atoms with E-state index in [1.807, 2.05) is 6.92 Å². The Bertz CT molecular complexity index is 231. The molecule has 0 amide bonds. The van der Waals surface area contributed by atoms with Crippen molar-refractivity contribution >= 4 is 5.78 Å². The predicted octanol–water partition coefficient (Wildman–Crippen LogP) is 1.94. The minimum absolute atomic E-state index is 0.0772. The smallest absolute Gasteiger partial charge is 0.144 e. The lowest BCUT2D eigenvalue weighted by atomic mass is 9.63. The summed E-state index contributed by atoms with van der Waals surface area (Å²) in [7, 11) is 0. The summed E-state index contributed by atoms with van der Waals surface area (Å²) in [6.45, 7) is 3.99. The van der Waals surface area contributed by atoms with Crippen LogP contribution in [0, 0.1) is 5.41 Å². The Morgan fingerprint density at radius 1 is 1.33 bits per heavy atom. The van der Waals surface area contributed by atoms with Gasteiger partial charge >= 0.3 is 0 Å². The van der Waals surface area contributed by atoms with Crippen molar-refractivity contribution in [3.05, 3.63) is 0 Å². The molecule has 1 unspecified atom stereocenters. The summed E-state index contributed by atoms with van der Waals surface area (Å²) in [6.07, 6.45) is 5.30. The predicted molar refractivity (Wildman–Crippen MR) is 56.8 cm³/mol. The molecule has 1 atom stereocenters. The molecular formula is C12H20O3. The summed E-state index contributed by atoms with van der Waals surface area (Å²) in [6, 6.07) is 0. The Hall–Kier alpha value is -0.410.